The van der Waals surface area contributed by atoms with Gasteiger partial charge in [-0.1, -0.05) is 31.1 Å². The largest absolute Gasteiger partial charge is 0.356 e. The predicted molar refractivity (Wildman–Crippen MR) is 82.1 cm³/mol. The summed E-state index contributed by atoms with van der Waals surface area (Å²) in [5.41, 5.74) is 6.14. The third kappa shape index (κ3) is 3.42. The average Bonchev–Trinajstić information content (AvgIpc) is 2.88. The van der Waals surface area contributed by atoms with Gasteiger partial charge in [-0.15, -0.1) is 0 Å². The van der Waals surface area contributed by atoms with E-state index in [4.69, 9.17) is 10.3 Å². The fourth-order valence-electron chi connectivity index (χ4n) is 2.31. The third-order valence-electron chi connectivity index (χ3n) is 3.90. The summed E-state index contributed by atoms with van der Waals surface area (Å²) in [6.07, 6.45) is 1.28. The van der Waals surface area contributed by atoms with E-state index >= 15 is 0 Å². The molecule has 1 aromatic heterocycles. The number of nitrogens with zero attached hydrogens (tertiary/aromatic N) is 1. The van der Waals surface area contributed by atoms with Crippen molar-refractivity contribution in [1.29, 1.82) is 0 Å². The van der Waals surface area contributed by atoms with E-state index in [0.717, 1.165) is 0 Å². The molecule has 0 amide bonds. The highest BCUT2D eigenvalue weighted by Crippen LogP contribution is 2.21. The van der Waals surface area contributed by atoms with Crippen molar-refractivity contribution in [3.8, 4) is 0 Å². The molecule has 6 nitrogen and oxygen atoms in total. The van der Waals surface area contributed by atoms with Crippen LogP contribution >= 0.6 is 0 Å². The van der Waals surface area contributed by atoms with E-state index in [2.05, 4.69) is 9.88 Å². The molecule has 0 aliphatic carbocycles. The van der Waals surface area contributed by atoms with E-state index in [-0.39, 0.29) is 12.3 Å². The SMILES string of the molecule is CCC(CC)(CN)NS(=O)(=O)Cc1noc2ccccc12. The number of aromatic nitrogens is 1. The standard InChI is InChI=1S/C14H21N3O3S/c1-3-14(4-2,10-15)17-21(18,19)9-12-11-7-5-6-8-13(11)20-16-12/h5-8,17H,3-4,9-10,15H2,1-2H3. The minimum atomic E-state index is -3.54. The maximum absolute atomic E-state index is 12.4. The van der Waals surface area contributed by atoms with Crippen molar-refractivity contribution < 1.29 is 12.9 Å². The number of benzene rings is 1. The Morgan fingerprint density at radius 2 is 1.95 bits per heavy atom. The number of nitrogens with one attached hydrogen (secondary N) is 1. The third-order valence-corrected chi connectivity index (χ3v) is 5.29. The van der Waals surface area contributed by atoms with E-state index in [9.17, 15) is 8.42 Å². The van der Waals surface area contributed by atoms with Gasteiger partial charge >= 0.3 is 0 Å². The van der Waals surface area contributed by atoms with E-state index in [0.29, 0.717) is 29.5 Å². The number of rotatable bonds is 7. The Hall–Kier alpha value is -1.44. The normalized spacial score (nSPS) is 12.9. The lowest BCUT2D eigenvalue weighted by molar-refractivity contribution is 0.362. The summed E-state index contributed by atoms with van der Waals surface area (Å²) in [7, 11) is -3.54. The second-order valence-corrected chi connectivity index (χ2v) is 6.90. The van der Waals surface area contributed by atoms with Crippen LogP contribution < -0.4 is 10.5 Å². The van der Waals surface area contributed by atoms with Crippen molar-refractivity contribution in [3.05, 3.63) is 30.0 Å². The van der Waals surface area contributed by atoms with Crippen LogP contribution in [-0.4, -0.2) is 25.7 Å². The minimum absolute atomic E-state index is 0.217. The highest BCUT2D eigenvalue weighted by Gasteiger charge is 2.30. The van der Waals surface area contributed by atoms with Gasteiger partial charge in [0.15, 0.2) is 5.58 Å². The first kappa shape index (κ1) is 15.9. The van der Waals surface area contributed by atoms with Crippen LogP contribution in [0.1, 0.15) is 32.4 Å². The monoisotopic (exact) mass is 311 g/mol. The van der Waals surface area contributed by atoms with Crippen LogP contribution in [0.25, 0.3) is 11.0 Å². The summed E-state index contributed by atoms with van der Waals surface area (Å²) in [4.78, 5) is 0. The molecule has 0 unspecified atom stereocenters. The molecule has 0 bridgehead atoms. The van der Waals surface area contributed by atoms with Crippen LogP contribution in [0, 0.1) is 0 Å². The molecule has 0 atom stereocenters. The highest BCUT2D eigenvalue weighted by molar-refractivity contribution is 7.88. The van der Waals surface area contributed by atoms with E-state index in [1.54, 1.807) is 12.1 Å². The number of fused-ring (bicyclic) bond motifs is 1. The van der Waals surface area contributed by atoms with E-state index in [1.807, 2.05) is 26.0 Å². The van der Waals surface area contributed by atoms with Gasteiger partial charge < -0.3 is 10.3 Å². The van der Waals surface area contributed by atoms with E-state index < -0.39 is 15.6 Å². The molecule has 1 aromatic carbocycles. The van der Waals surface area contributed by atoms with Gasteiger partial charge in [-0.05, 0) is 25.0 Å². The maximum Gasteiger partial charge on any atom is 0.218 e. The van der Waals surface area contributed by atoms with Crippen LogP contribution in [0.4, 0.5) is 0 Å². The molecular weight excluding hydrogens is 290 g/mol. The molecule has 0 saturated carbocycles. The fraction of sp³-hybridized carbons (Fsp3) is 0.500. The molecule has 7 heteroatoms. The zero-order chi connectivity index (χ0) is 15.5. The molecule has 2 rings (SSSR count). The Balaban J connectivity index is 2.25. The summed E-state index contributed by atoms with van der Waals surface area (Å²) in [5.74, 6) is -0.217. The maximum atomic E-state index is 12.4. The Labute approximate surface area is 124 Å². The van der Waals surface area contributed by atoms with Gasteiger partial charge in [-0.25, -0.2) is 13.1 Å². The average molecular weight is 311 g/mol. The first-order valence-electron chi connectivity index (χ1n) is 7.00. The zero-order valence-electron chi connectivity index (χ0n) is 12.3. The molecule has 0 fully saturated rings. The number of hydrogen-bond acceptors (Lipinski definition) is 5. The van der Waals surface area contributed by atoms with Crippen LogP contribution in [0.15, 0.2) is 28.8 Å². The van der Waals surface area contributed by atoms with Crippen molar-refractivity contribution in [2.45, 2.75) is 38.0 Å². The summed E-state index contributed by atoms with van der Waals surface area (Å²) in [6.45, 7) is 4.10. The molecule has 2 aromatic rings. The molecule has 0 saturated heterocycles. The number of nitrogens with two attached hydrogens (primary N) is 1. The summed E-state index contributed by atoms with van der Waals surface area (Å²) >= 11 is 0. The first-order valence-corrected chi connectivity index (χ1v) is 8.65. The summed E-state index contributed by atoms with van der Waals surface area (Å²) in [5, 5.41) is 4.58. The van der Waals surface area contributed by atoms with Gasteiger partial charge in [0.25, 0.3) is 0 Å². The van der Waals surface area contributed by atoms with Gasteiger partial charge in [-0.2, -0.15) is 0 Å². The molecule has 0 aliphatic rings. The van der Waals surface area contributed by atoms with Crippen molar-refractivity contribution in [1.82, 2.24) is 9.88 Å². The fourth-order valence-corrected chi connectivity index (χ4v) is 3.98. The van der Waals surface area contributed by atoms with Gasteiger partial charge in [0, 0.05) is 17.5 Å². The molecule has 1 heterocycles. The Bertz CT molecular complexity index is 697. The number of sulfonamides is 1. The predicted octanol–water partition coefficient (Wildman–Crippen LogP) is 1.76. The quantitative estimate of drug-likeness (QED) is 0.812. The van der Waals surface area contributed by atoms with Crippen molar-refractivity contribution >= 4 is 21.0 Å². The second-order valence-electron chi connectivity index (χ2n) is 5.18. The zero-order valence-corrected chi connectivity index (χ0v) is 13.1. The highest BCUT2D eigenvalue weighted by atomic mass is 32.2. The lowest BCUT2D eigenvalue weighted by Crippen LogP contribution is -2.53. The summed E-state index contributed by atoms with van der Waals surface area (Å²) in [6, 6.07) is 7.20. The smallest absolute Gasteiger partial charge is 0.218 e. The molecule has 21 heavy (non-hydrogen) atoms. The number of hydrogen-bond donors (Lipinski definition) is 2. The minimum Gasteiger partial charge on any atom is -0.356 e. The van der Waals surface area contributed by atoms with Crippen LogP contribution in [0.5, 0.6) is 0 Å². The Morgan fingerprint density at radius 1 is 1.29 bits per heavy atom. The topological polar surface area (TPSA) is 98.2 Å². The lowest BCUT2D eigenvalue weighted by atomic mass is 9.95. The second kappa shape index (κ2) is 6.13. The molecule has 116 valence electrons. The first-order chi connectivity index (χ1) is 9.95. The van der Waals surface area contributed by atoms with Crippen molar-refractivity contribution in [2.24, 2.45) is 5.73 Å². The molecular formula is C14H21N3O3S. The number of para-hydroxylation sites is 1. The summed E-state index contributed by atoms with van der Waals surface area (Å²) < 4.78 is 32.6. The molecule has 0 radical (unpaired) electrons. The van der Waals surface area contributed by atoms with Crippen molar-refractivity contribution in [2.75, 3.05) is 6.54 Å². The Morgan fingerprint density at radius 3 is 2.57 bits per heavy atom. The van der Waals surface area contributed by atoms with Gasteiger partial charge in [0.2, 0.25) is 10.0 Å². The molecule has 3 N–H and O–H groups in total. The van der Waals surface area contributed by atoms with Gasteiger partial charge in [0.05, 0.1) is 0 Å². The Kier molecular flexibility index (Phi) is 4.65. The van der Waals surface area contributed by atoms with Crippen molar-refractivity contribution in [3.63, 3.8) is 0 Å². The van der Waals surface area contributed by atoms with Gasteiger partial charge in [-0.3, -0.25) is 0 Å². The molecule has 0 aliphatic heterocycles. The lowest BCUT2D eigenvalue weighted by Gasteiger charge is -2.30. The van der Waals surface area contributed by atoms with Crippen LogP contribution in [0.2, 0.25) is 0 Å². The molecule has 0 spiro atoms. The van der Waals surface area contributed by atoms with Crippen LogP contribution in [-0.2, 0) is 15.8 Å². The van der Waals surface area contributed by atoms with Crippen LogP contribution in [0.3, 0.4) is 0 Å². The van der Waals surface area contributed by atoms with Gasteiger partial charge in [0.1, 0.15) is 11.4 Å². The van der Waals surface area contributed by atoms with E-state index in [1.165, 1.54) is 0 Å².